The molecule has 1 aliphatic carbocycles. The molecule has 0 saturated heterocycles. The zero-order valence-corrected chi connectivity index (χ0v) is 35.1. The van der Waals surface area contributed by atoms with Crippen LogP contribution in [0.25, 0.3) is 32.7 Å². The first-order chi connectivity index (χ1) is 26.0. The van der Waals surface area contributed by atoms with Crippen molar-refractivity contribution in [1.29, 1.82) is 0 Å². The van der Waals surface area contributed by atoms with E-state index in [0.717, 1.165) is 22.7 Å². The Labute approximate surface area is 343 Å². The summed E-state index contributed by atoms with van der Waals surface area (Å²) in [4.78, 5) is 7.34. The first-order valence-corrected chi connectivity index (χ1v) is 24.3. The van der Waals surface area contributed by atoms with Gasteiger partial charge in [-0.25, -0.2) is 0 Å². The summed E-state index contributed by atoms with van der Waals surface area (Å²) in [5.41, 5.74) is 12.0. The molecule has 0 atom stereocenters. The van der Waals surface area contributed by atoms with E-state index in [4.69, 9.17) is 0 Å². The number of benzene rings is 8. The maximum atomic E-state index is 2.48. The van der Waals surface area contributed by atoms with Gasteiger partial charge in [0, 0.05) is 91.1 Å². The van der Waals surface area contributed by atoms with Crippen molar-refractivity contribution in [3.8, 4) is 11.1 Å². The molecule has 258 valence electrons. The molecular formula is C47H34I2N2S2. The molecule has 2 nitrogen and oxygen atoms in total. The number of hydrogen-bond acceptors (Lipinski definition) is 4. The minimum Gasteiger partial charge on any atom is -0.310 e. The third kappa shape index (κ3) is 6.12. The molecule has 0 N–H and O–H groups in total. The van der Waals surface area contributed by atoms with E-state index < -0.39 is 0 Å². The van der Waals surface area contributed by atoms with Crippen LogP contribution in [0.2, 0.25) is 0 Å². The second kappa shape index (κ2) is 14.4. The second-order valence-electron chi connectivity index (χ2n) is 13.9. The lowest BCUT2D eigenvalue weighted by molar-refractivity contribution is 0.661. The number of rotatable bonds is 8. The molecule has 0 saturated carbocycles. The summed E-state index contributed by atoms with van der Waals surface area (Å²) in [6.45, 7) is 4.79. The van der Waals surface area contributed by atoms with Crippen LogP contribution in [0.15, 0.2) is 180 Å². The number of para-hydroxylation sites is 1. The largest absolute Gasteiger partial charge is 0.310 e. The van der Waals surface area contributed by atoms with Gasteiger partial charge in [-0.2, -0.15) is 0 Å². The standard InChI is InChI=1S/C47H34I2N2S2/c1-47(2)42-29-35(50(32-13-4-3-5-14-32)33-19-24-36(52-48)25-20-33)23-28-41(42)46-40-17-9-8-16-39(40)45(30-43(46)47)51(34-21-26-37(53-49)27-22-34)44-18-10-12-31-11-6-7-15-38(31)44/h3-30H,1-2H3. The van der Waals surface area contributed by atoms with Crippen LogP contribution in [0.1, 0.15) is 25.0 Å². The van der Waals surface area contributed by atoms with Crippen molar-refractivity contribution in [1.82, 2.24) is 0 Å². The van der Waals surface area contributed by atoms with E-state index in [1.807, 2.05) is 0 Å². The highest BCUT2D eigenvalue weighted by Crippen LogP contribution is 2.56. The Hall–Kier alpha value is -3.96. The number of fused-ring (bicyclic) bond motifs is 6. The minimum atomic E-state index is -0.254. The van der Waals surface area contributed by atoms with E-state index in [1.165, 1.54) is 65.0 Å². The second-order valence-corrected chi connectivity index (χ2v) is 17.8. The van der Waals surface area contributed by atoms with Gasteiger partial charge >= 0.3 is 0 Å². The minimum absolute atomic E-state index is 0.254. The smallest absolute Gasteiger partial charge is 0.0543 e. The third-order valence-corrected chi connectivity index (χ3v) is 14.5. The lowest BCUT2D eigenvalue weighted by Gasteiger charge is -2.31. The molecule has 6 heteroatoms. The highest BCUT2D eigenvalue weighted by atomic mass is 127. The lowest BCUT2D eigenvalue weighted by Crippen LogP contribution is -2.18. The molecule has 0 fully saturated rings. The summed E-state index contributed by atoms with van der Waals surface area (Å²) in [5, 5.41) is 4.96. The van der Waals surface area contributed by atoms with Gasteiger partial charge < -0.3 is 9.80 Å². The Morgan fingerprint density at radius 2 is 0.981 bits per heavy atom. The van der Waals surface area contributed by atoms with Crippen LogP contribution in [0.5, 0.6) is 0 Å². The quantitative estimate of drug-likeness (QED) is 0.140. The van der Waals surface area contributed by atoms with Crippen molar-refractivity contribution >= 4 is 116 Å². The Morgan fingerprint density at radius 1 is 0.434 bits per heavy atom. The Morgan fingerprint density at radius 3 is 1.66 bits per heavy atom. The van der Waals surface area contributed by atoms with Gasteiger partial charge in [0.1, 0.15) is 0 Å². The van der Waals surface area contributed by atoms with Crippen LogP contribution >= 0.6 is 60.3 Å². The fourth-order valence-electron chi connectivity index (χ4n) is 8.00. The third-order valence-electron chi connectivity index (χ3n) is 10.5. The Bertz CT molecular complexity index is 2620. The fraction of sp³-hybridized carbons (Fsp3) is 0.0638. The molecule has 9 rings (SSSR count). The monoisotopic (exact) mass is 944 g/mol. The zero-order valence-electron chi connectivity index (χ0n) is 29.1. The molecule has 0 radical (unpaired) electrons. The molecule has 0 bridgehead atoms. The summed E-state index contributed by atoms with van der Waals surface area (Å²) < 4.78 is 0. The van der Waals surface area contributed by atoms with E-state index in [9.17, 15) is 0 Å². The zero-order chi connectivity index (χ0) is 36.1. The molecular weight excluding hydrogens is 910 g/mol. The van der Waals surface area contributed by atoms with E-state index in [1.54, 1.807) is 17.9 Å². The maximum Gasteiger partial charge on any atom is 0.0543 e. The van der Waals surface area contributed by atoms with Gasteiger partial charge in [0.25, 0.3) is 0 Å². The highest BCUT2D eigenvalue weighted by molar-refractivity contribution is 14.2. The molecule has 53 heavy (non-hydrogen) atoms. The summed E-state index contributed by atoms with van der Waals surface area (Å²) in [6, 6.07) is 62.5. The predicted octanol–water partition coefficient (Wildman–Crippen LogP) is 16.1. The number of nitrogens with zero attached hydrogens (tertiary/aromatic N) is 2. The average molecular weight is 945 g/mol. The lowest BCUT2D eigenvalue weighted by atomic mass is 9.81. The Balaban J connectivity index is 1.26. The molecule has 0 unspecified atom stereocenters. The predicted molar refractivity (Wildman–Crippen MR) is 248 cm³/mol. The molecule has 0 amide bonds. The van der Waals surface area contributed by atoms with Gasteiger partial charge in [0.15, 0.2) is 0 Å². The normalized spacial score (nSPS) is 12.8. The van der Waals surface area contributed by atoms with E-state index in [0.29, 0.717) is 0 Å². The van der Waals surface area contributed by atoms with Crippen LogP contribution in [-0.4, -0.2) is 0 Å². The van der Waals surface area contributed by atoms with Crippen molar-refractivity contribution in [3.05, 3.63) is 181 Å². The number of hydrogen-bond donors (Lipinski definition) is 0. The van der Waals surface area contributed by atoms with Crippen molar-refractivity contribution in [3.63, 3.8) is 0 Å². The molecule has 0 spiro atoms. The van der Waals surface area contributed by atoms with Crippen molar-refractivity contribution < 1.29 is 0 Å². The topological polar surface area (TPSA) is 6.48 Å². The molecule has 0 aliphatic heterocycles. The van der Waals surface area contributed by atoms with Crippen LogP contribution < -0.4 is 9.80 Å². The summed E-state index contributed by atoms with van der Waals surface area (Å²) in [6.07, 6.45) is 0. The molecule has 0 aromatic heterocycles. The average Bonchev–Trinajstić information content (AvgIpc) is 3.44. The van der Waals surface area contributed by atoms with Gasteiger partial charge in [-0.15, -0.1) is 0 Å². The summed E-state index contributed by atoms with van der Waals surface area (Å²) in [7, 11) is 3.48. The number of halogens is 2. The molecule has 1 aliphatic rings. The van der Waals surface area contributed by atoms with Gasteiger partial charge in [0.2, 0.25) is 0 Å². The number of anilines is 6. The first kappa shape index (κ1) is 34.8. The van der Waals surface area contributed by atoms with Crippen molar-refractivity contribution in [2.75, 3.05) is 9.80 Å². The van der Waals surface area contributed by atoms with Gasteiger partial charge in [-0.05, 0) is 118 Å². The van der Waals surface area contributed by atoms with E-state index >= 15 is 0 Å². The fourth-order valence-corrected chi connectivity index (χ4v) is 10.2. The van der Waals surface area contributed by atoms with Crippen molar-refractivity contribution in [2.45, 2.75) is 29.1 Å². The molecule has 8 aromatic rings. The SMILES string of the molecule is CC1(C)c2cc(N(c3ccccc3)c3ccc(SI)cc3)ccc2-c2c1cc(N(c1ccc(SI)cc1)c1cccc3ccccc13)c1ccccc21. The Kier molecular flexibility index (Phi) is 9.42. The molecule has 0 heterocycles. The van der Waals surface area contributed by atoms with E-state index in [2.05, 4.69) is 236 Å². The molecule has 8 aromatic carbocycles. The van der Waals surface area contributed by atoms with Gasteiger partial charge in [-0.3, -0.25) is 0 Å². The van der Waals surface area contributed by atoms with Crippen LogP contribution in [-0.2, 0) is 5.41 Å². The first-order valence-electron chi connectivity index (χ1n) is 17.6. The van der Waals surface area contributed by atoms with Crippen LogP contribution in [0.4, 0.5) is 34.1 Å². The van der Waals surface area contributed by atoms with Gasteiger partial charge in [-0.1, -0.05) is 117 Å². The maximum absolute atomic E-state index is 2.48. The van der Waals surface area contributed by atoms with Crippen LogP contribution in [0, 0.1) is 0 Å². The highest BCUT2D eigenvalue weighted by Gasteiger charge is 2.38. The van der Waals surface area contributed by atoms with E-state index in [-0.39, 0.29) is 5.41 Å². The summed E-state index contributed by atoms with van der Waals surface area (Å²) in [5.74, 6) is 0. The van der Waals surface area contributed by atoms with Crippen molar-refractivity contribution in [2.24, 2.45) is 0 Å². The van der Waals surface area contributed by atoms with Crippen LogP contribution in [0.3, 0.4) is 0 Å². The van der Waals surface area contributed by atoms with Gasteiger partial charge in [0.05, 0.1) is 11.4 Å². The summed E-state index contributed by atoms with van der Waals surface area (Å²) >= 11 is 4.72.